The van der Waals surface area contributed by atoms with Crippen molar-refractivity contribution in [3.05, 3.63) is 11.6 Å². The molecule has 0 aromatic carbocycles. The van der Waals surface area contributed by atoms with Gasteiger partial charge in [-0.3, -0.25) is 0 Å². The van der Waals surface area contributed by atoms with Crippen LogP contribution in [0.25, 0.3) is 0 Å². The van der Waals surface area contributed by atoms with Gasteiger partial charge in [-0.2, -0.15) is 0 Å². The van der Waals surface area contributed by atoms with Crippen molar-refractivity contribution in [2.75, 3.05) is 19.7 Å². The molecule has 1 aliphatic heterocycles. The molecule has 2 rings (SSSR count). The molecule has 1 aromatic rings. The fourth-order valence-electron chi connectivity index (χ4n) is 1.33. The standard InChI is InChI=1S/C8H12N2OS/c1-2-9-5-7(1)6-11-8-10-3-4-12-8/h3-4,7,9H,1-2,5-6H2/t7-/m1/s1. The van der Waals surface area contributed by atoms with Gasteiger partial charge >= 0.3 is 0 Å². The first-order valence-corrected chi connectivity index (χ1v) is 5.06. The SMILES string of the molecule is c1csc(OC[C@@H]2CCNC2)n1. The Bertz CT molecular complexity index is 219. The monoisotopic (exact) mass is 184 g/mol. The zero-order chi connectivity index (χ0) is 8.23. The molecule has 1 fully saturated rings. The van der Waals surface area contributed by atoms with E-state index >= 15 is 0 Å². The summed E-state index contributed by atoms with van der Waals surface area (Å²) in [6.45, 7) is 3.03. The number of hydrogen-bond acceptors (Lipinski definition) is 4. The van der Waals surface area contributed by atoms with Gasteiger partial charge in [-0.15, -0.1) is 0 Å². The molecule has 0 radical (unpaired) electrons. The average Bonchev–Trinajstić information content (AvgIpc) is 2.74. The maximum absolute atomic E-state index is 5.50. The predicted octanol–water partition coefficient (Wildman–Crippen LogP) is 1.13. The van der Waals surface area contributed by atoms with Crippen molar-refractivity contribution in [3.63, 3.8) is 0 Å². The van der Waals surface area contributed by atoms with E-state index < -0.39 is 0 Å². The van der Waals surface area contributed by atoms with Gasteiger partial charge in [0.25, 0.3) is 5.19 Å². The maximum Gasteiger partial charge on any atom is 0.273 e. The zero-order valence-electron chi connectivity index (χ0n) is 6.82. The van der Waals surface area contributed by atoms with Gasteiger partial charge < -0.3 is 10.1 Å². The molecular weight excluding hydrogens is 172 g/mol. The highest BCUT2D eigenvalue weighted by atomic mass is 32.1. The van der Waals surface area contributed by atoms with Crippen LogP contribution in [0.5, 0.6) is 5.19 Å². The van der Waals surface area contributed by atoms with E-state index in [4.69, 9.17) is 4.74 Å². The van der Waals surface area contributed by atoms with E-state index in [1.54, 1.807) is 17.5 Å². The van der Waals surface area contributed by atoms with Gasteiger partial charge in [-0.25, -0.2) is 4.98 Å². The molecule has 1 atom stereocenters. The zero-order valence-corrected chi connectivity index (χ0v) is 7.64. The van der Waals surface area contributed by atoms with Crippen LogP contribution in [0.2, 0.25) is 0 Å². The van der Waals surface area contributed by atoms with Crippen molar-refractivity contribution in [2.45, 2.75) is 6.42 Å². The lowest BCUT2D eigenvalue weighted by molar-refractivity contribution is 0.259. The largest absolute Gasteiger partial charge is 0.470 e. The van der Waals surface area contributed by atoms with E-state index in [0.29, 0.717) is 5.92 Å². The van der Waals surface area contributed by atoms with Crippen LogP contribution < -0.4 is 10.1 Å². The molecule has 1 saturated heterocycles. The highest BCUT2D eigenvalue weighted by Crippen LogP contribution is 2.16. The highest BCUT2D eigenvalue weighted by molar-refractivity contribution is 7.11. The number of hydrogen-bond donors (Lipinski definition) is 1. The Morgan fingerprint density at radius 2 is 2.75 bits per heavy atom. The Morgan fingerprint density at radius 3 is 3.42 bits per heavy atom. The van der Waals surface area contributed by atoms with Gasteiger partial charge in [0.2, 0.25) is 0 Å². The highest BCUT2D eigenvalue weighted by Gasteiger charge is 2.15. The maximum atomic E-state index is 5.50. The summed E-state index contributed by atoms with van der Waals surface area (Å²) in [5.41, 5.74) is 0. The van der Waals surface area contributed by atoms with Gasteiger partial charge in [0.1, 0.15) is 0 Å². The summed E-state index contributed by atoms with van der Waals surface area (Å²) < 4.78 is 5.50. The topological polar surface area (TPSA) is 34.1 Å². The van der Waals surface area contributed by atoms with E-state index in [1.165, 1.54) is 6.42 Å². The molecule has 12 heavy (non-hydrogen) atoms. The smallest absolute Gasteiger partial charge is 0.273 e. The number of nitrogens with zero attached hydrogens (tertiary/aromatic N) is 1. The molecule has 0 spiro atoms. The summed E-state index contributed by atoms with van der Waals surface area (Å²) in [5.74, 6) is 0.675. The Morgan fingerprint density at radius 1 is 1.75 bits per heavy atom. The molecule has 0 aliphatic carbocycles. The minimum Gasteiger partial charge on any atom is -0.470 e. The Kier molecular flexibility index (Phi) is 2.58. The first kappa shape index (κ1) is 8.01. The Labute approximate surface area is 75.8 Å². The third-order valence-corrected chi connectivity index (χ3v) is 2.70. The van der Waals surface area contributed by atoms with Crippen LogP contribution in [-0.4, -0.2) is 24.7 Å². The summed E-state index contributed by atoms with van der Waals surface area (Å²) in [6.07, 6.45) is 3.00. The van der Waals surface area contributed by atoms with Crippen LogP contribution in [0.4, 0.5) is 0 Å². The molecule has 1 aromatic heterocycles. The van der Waals surface area contributed by atoms with Crippen molar-refractivity contribution < 1.29 is 4.74 Å². The van der Waals surface area contributed by atoms with Gasteiger partial charge in [0, 0.05) is 24.0 Å². The van der Waals surface area contributed by atoms with E-state index in [9.17, 15) is 0 Å². The Hall–Kier alpha value is -0.610. The molecule has 4 heteroatoms. The van der Waals surface area contributed by atoms with Crippen LogP contribution in [0, 0.1) is 5.92 Å². The predicted molar refractivity (Wildman–Crippen MR) is 48.6 cm³/mol. The first-order valence-electron chi connectivity index (χ1n) is 4.18. The fourth-order valence-corrected chi connectivity index (χ4v) is 1.82. The molecule has 0 amide bonds. The van der Waals surface area contributed by atoms with E-state index in [2.05, 4.69) is 10.3 Å². The second-order valence-electron chi connectivity index (χ2n) is 2.97. The molecule has 1 N–H and O–H groups in total. The number of thiazole rings is 1. The third kappa shape index (κ3) is 1.95. The molecule has 0 unspecified atom stereocenters. The minimum absolute atomic E-state index is 0.675. The normalized spacial score (nSPS) is 22.8. The molecule has 3 nitrogen and oxygen atoms in total. The summed E-state index contributed by atoms with van der Waals surface area (Å²) in [5, 5.41) is 6.03. The summed E-state index contributed by atoms with van der Waals surface area (Å²) in [6, 6.07) is 0. The van der Waals surface area contributed by atoms with Crippen LogP contribution >= 0.6 is 11.3 Å². The molecule has 1 aliphatic rings. The summed E-state index contributed by atoms with van der Waals surface area (Å²) >= 11 is 1.55. The first-order chi connectivity index (χ1) is 5.95. The summed E-state index contributed by atoms with van der Waals surface area (Å²) in [7, 11) is 0. The minimum atomic E-state index is 0.675. The lowest BCUT2D eigenvalue weighted by Crippen LogP contribution is -2.15. The molecule has 66 valence electrons. The van der Waals surface area contributed by atoms with Gasteiger partial charge in [-0.05, 0) is 13.0 Å². The lowest BCUT2D eigenvalue weighted by Gasteiger charge is -2.07. The molecule has 0 bridgehead atoms. The lowest BCUT2D eigenvalue weighted by atomic mass is 10.1. The van der Waals surface area contributed by atoms with E-state index in [-0.39, 0.29) is 0 Å². The number of aromatic nitrogens is 1. The van der Waals surface area contributed by atoms with Crippen molar-refractivity contribution in [1.29, 1.82) is 0 Å². The van der Waals surface area contributed by atoms with Crippen molar-refractivity contribution >= 4 is 11.3 Å². The van der Waals surface area contributed by atoms with E-state index in [1.807, 2.05) is 5.38 Å². The van der Waals surface area contributed by atoms with Crippen LogP contribution in [0.15, 0.2) is 11.6 Å². The number of nitrogens with one attached hydrogen (secondary N) is 1. The van der Waals surface area contributed by atoms with E-state index in [0.717, 1.165) is 24.9 Å². The van der Waals surface area contributed by atoms with Gasteiger partial charge in [-0.1, -0.05) is 11.3 Å². The van der Waals surface area contributed by atoms with Crippen LogP contribution in [0.3, 0.4) is 0 Å². The van der Waals surface area contributed by atoms with Crippen molar-refractivity contribution in [1.82, 2.24) is 10.3 Å². The molecule has 0 saturated carbocycles. The Balaban J connectivity index is 1.74. The number of rotatable bonds is 3. The third-order valence-electron chi connectivity index (χ3n) is 2.01. The molecule has 2 heterocycles. The van der Waals surface area contributed by atoms with Gasteiger partial charge in [0.05, 0.1) is 6.61 Å². The number of ether oxygens (including phenoxy) is 1. The summed E-state index contributed by atoms with van der Waals surface area (Å²) in [4.78, 5) is 4.05. The van der Waals surface area contributed by atoms with Gasteiger partial charge in [0.15, 0.2) is 0 Å². The quantitative estimate of drug-likeness (QED) is 0.764. The van der Waals surface area contributed by atoms with Crippen molar-refractivity contribution in [2.24, 2.45) is 5.92 Å². The fraction of sp³-hybridized carbons (Fsp3) is 0.625. The second kappa shape index (κ2) is 3.87. The average molecular weight is 184 g/mol. The second-order valence-corrected chi connectivity index (χ2v) is 3.82. The van der Waals surface area contributed by atoms with Crippen LogP contribution in [0.1, 0.15) is 6.42 Å². The molecular formula is C8H12N2OS. The van der Waals surface area contributed by atoms with Crippen molar-refractivity contribution in [3.8, 4) is 5.19 Å². The van der Waals surface area contributed by atoms with Crippen LogP contribution in [-0.2, 0) is 0 Å².